The normalized spacial score (nSPS) is 17.4. The Kier molecular flexibility index (Phi) is 7.75. The van der Waals surface area contributed by atoms with Gasteiger partial charge in [0, 0.05) is 0 Å². The third-order valence-corrected chi connectivity index (χ3v) is 3.35. The number of aldehydes is 1. The highest BCUT2D eigenvalue weighted by molar-refractivity contribution is 5.78. The van der Waals surface area contributed by atoms with Gasteiger partial charge in [-0.2, -0.15) is 0 Å². The first-order valence-corrected chi connectivity index (χ1v) is 7.14. The van der Waals surface area contributed by atoms with Crippen LogP contribution in [0.1, 0.15) is 5.56 Å². The maximum Gasteiger partial charge on any atom is 0.324 e. The van der Waals surface area contributed by atoms with E-state index in [-0.39, 0.29) is 18.5 Å². The number of aliphatic hydroxyl groups is 4. The number of ether oxygens (including phenoxy) is 1. The van der Waals surface area contributed by atoms with E-state index < -0.39 is 43.0 Å². The van der Waals surface area contributed by atoms with E-state index in [0.717, 1.165) is 0 Å². The first kappa shape index (κ1) is 20.0. The lowest BCUT2D eigenvalue weighted by Gasteiger charge is -2.26. The third-order valence-electron chi connectivity index (χ3n) is 3.35. The minimum absolute atomic E-state index is 0.0514. The summed E-state index contributed by atoms with van der Waals surface area (Å²) in [4.78, 5) is 22.8. The lowest BCUT2D eigenvalue weighted by Crippen LogP contribution is -2.49. The van der Waals surface area contributed by atoms with Crippen molar-refractivity contribution in [3.05, 3.63) is 29.8 Å². The molecule has 134 valence electrons. The molecule has 0 aliphatic heterocycles. The second-order valence-electron chi connectivity index (χ2n) is 5.25. The summed E-state index contributed by atoms with van der Waals surface area (Å²) in [6.45, 7) is -0.849. The van der Waals surface area contributed by atoms with Crippen LogP contribution < -0.4 is 5.73 Å². The Morgan fingerprint density at radius 3 is 2.25 bits per heavy atom. The lowest BCUT2D eigenvalue weighted by molar-refractivity contribution is -0.169. The number of aromatic hydroxyl groups is 1. The largest absolute Gasteiger partial charge is 0.508 e. The summed E-state index contributed by atoms with van der Waals surface area (Å²) in [5.41, 5.74) is 6.30. The average Bonchev–Trinajstić information content (AvgIpc) is 2.59. The molecule has 0 aliphatic carbocycles. The van der Waals surface area contributed by atoms with Crippen LogP contribution in [0, 0.1) is 0 Å². The van der Waals surface area contributed by atoms with Crippen molar-refractivity contribution in [2.75, 3.05) is 6.61 Å². The van der Waals surface area contributed by atoms with Crippen molar-refractivity contribution in [2.45, 2.75) is 36.9 Å². The van der Waals surface area contributed by atoms with Crippen molar-refractivity contribution in [3.8, 4) is 5.75 Å². The van der Waals surface area contributed by atoms with E-state index in [0.29, 0.717) is 5.56 Å². The Morgan fingerprint density at radius 1 is 1.17 bits per heavy atom. The molecule has 9 nitrogen and oxygen atoms in total. The smallest absolute Gasteiger partial charge is 0.324 e. The maximum atomic E-state index is 11.9. The van der Waals surface area contributed by atoms with E-state index >= 15 is 0 Å². The summed E-state index contributed by atoms with van der Waals surface area (Å²) in [5, 5.41) is 46.4. The maximum absolute atomic E-state index is 11.9. The van der Waals surface area contributed by atoms with Crippen molar-refractivity contribution in [1.82, 2.24) is 0 Å². The fourth-order valence-corrected chi connectivity index (χ4v) is 1.90. The molecule has 1 aromatic rings. The molecule has 0 radical (unpaired) electrons. The highest BCUT2D eigenvalue weighted by Gasteiger charge is 2.34. The molecular formula is C15H21NO8. The summed E-state index contributed by atoms with van der Waals surface area (Å²) >= 11 is 0. The second-order valence-corrected chi connectivity index (χ2v) is 5.25. The Balaban J connectivity index is 2.65. The van der Waals surface area contributed by atoms with Gasteiger partial charge in [0.05, 0.1) is 6.61 Å². The summed E-state index contributed by atoms with van der Waals surface area (Å²) in [5.74, 6) is -0.944. The Bertz CT molecular complexity index is 535. The molecule has 0 bridgehead atoms. The fourth-order valence-electron chi connectivity index (χ4n) is 1.90. The number of aliphatic hydroxyl groups excluding tert-OH is 4. The second kappa shape index (κ2) is 9.30. The van der Waals surface area contributed by atoms with Crippen molar-refractivity contribution < 1.29 is 39.9 Å². The number of benzene rings is 1. The van der Waals surface area contributed by atoms with Crippen molar-refractivity contribution >= 4 is 12.3 Å². The third kappa shape index (κ3) is 5.55. The number of hydrogen-bond acceptors (Lipinski definition) is 9. The number of esters is 1. The van der Waals surface area contributed by atoms with E-state index in [4.69, 9.17) is 15.6 Å². The van der Waals surface area contributed by atoms with Gasteiger partial charge in [-0.25, -0.2) is 0 Å². The number of nitrogens with two attached hydrogens (primary N) is 1. The molecule has 0 heterocycles. The van der Waals surface area contributed by atoms with Crippen LogP contribution in [0.15, 0.2) is 24.3 Å². The van der Waals surface area contributed by atoms with Crippen molar-refractivity contribution in [2.24, 2.45) is 5.73 Å². The highest BCUT2D eigenvalue weighted by atomic mass is 16.6. The summed E-state index contributed by atoms with van der Waals surface area (Å²) < 4.78 is 4.75. The van der Waals surface area contributed by atoms with Crippen molar-refractivity contribution in [1.29, 1.82) is 0 Å². The molecule has 1 aromatic carbocycles. The van der Waals surface area contributed by atoms with Crippen molar-refractivity contribution in [3.63, 3.8) is 0 Å². The number of carbonyl (C=O) groups excluding carboxylic acids is 2. The van der Waals surface area contributed by atoms with Crippen LogP contribution >= 0.6 is 0 Å². The van der Waals surface area contributed by atoms with Crippen LogP contribution in [0.25, 0.3) is 0 Å². The van der Waals surface area contributed by atoms with E-state index in [1.165, 1.54) is 12.1 Å². The highest BCUT2D eigenvalue weighted by Crippen LogP contribution is 2.12. The van der Waals surface area contributed by atoms with E-state index in [1.54, 1.807) is 12.1 Å². The zero-order chi connectivity index (χ0) is 18.3. The Hall–Kier alpha value is -2.04. The molecule has 0 saturated heterocycles. The summed E-state index contributed by atoms with van der Waals surface area (Å²) in [6.07, 6.45) is -7.11. The first-order chi connectivity index (χ1) is 11.3. The predicted octanol–water partition coefficient (Wildman–Crippen LogP) is -2.55. The van der Waals surface area contributed by atoms with Crippen LogP contribution in [0.4, 0.5) is 0 Å². The molecule has 0 amide bonds. The number of hydrogen-bond donors (Lipinski definition) is 6. The SMILES string of the molecule is N[C@@H](Cc1ccc(O)cc1)C(=O)O[C@@H](C=O)[C@@H](O)[C@@H](O)[C@H](O)CO. The molecule has 0 aliphatic rings. The standard InChI is InChI=1S/C15H21NO8/c16-10(5-8-1-3-9(19)4-2-8)15(23)24-12(7-18)14(22)13(21)11(20)6-17/h1-4,7,10-14,17,19-22H,5-6,16H2/t10-,11+,12-,13-,14+/m0/s1. The minimum Gasteiger partial charge on any atom is -0.508 e. The fraction of sp³-hybridized carbons (Fsp3) is 0.467. The van der Waals surface area contributed by atoms with Gasteiger partial charge >= 0.3 is 5.97 Å². The molecule has 0 unspecified atom stereocenters. The van der Waals surface area contributed by atoms with Crippen LogP contribution in [-0.4, -0.2) is 74.9 Å². The number of carbonyl (C=O) groups is 2. The van der Waals surface area contributed by atoms with Crippen LogP contribution in [0.5, 0.6) is 5.75 Å². The van der Waals surface area contributed by atoms with Gasteiger partial charge in [0.2, 0.25) is 0 Å². The monoisotopic (exact) mass is 343 g/mol. The molecule has 9 heteroatoms. The van der Waals surface area contributed by atoms with Gasteiger partial charge in [0.25, 0.3) is 0 Å². The minimum atomic E-state index is -1.92. The summed E-state index contributed by atoms with van der Waals surface area (Å²) in [6, 6.07) is 4.78. The average molecular weight is 343 g/mol. The number of rotatable bonds is 9. The number of phenols is 1. The molecule has 7 N–H and O–H groups in total. The topological polar surface area (TPSA) is 171 Å². The van der Waals surface area contributed by atoms with Gasteiger partial charge in [-0.1, -0.05) is 12.1 Å². The molecule has 0 fully saturated rings. The first-order valence-electron chi connectivity index (χ1n) is 7.14. The zero-order valence-electron chi connectivity index (χ0n) is 12.7. The van der Waals surface area contributed by atoms with E-state index in [2.05, 4.69) is 0 Å². The molecule has 0 spiro atoms. The van der Waals surface area contributed by atoms with E-state index in [9.17, 15) is 30.0 Å². The Labute approximate surface area is 137 Å². The van der Waals surface area contributed by atoms with E-state index in [1.807, 2.05) is 0 Å². The van der Waals surface area contributed by atoms with Gasteiger partial charge in [0.1, 0.15) is 30.1 Å². The van der Waals surface area contributed by atoms with Crippen LogP contribution in [0.2, 0.25) is 0 Å². The predicted molar refractivity (Wildman–Crippen MR) is 80.8 cm³/mol. The molecule has 0 saturated carbocycles. The van der Waals surface area contributed by atoms with Crippen LogP contribution in [0.3, 0.4) is 0 Å². The van der Waals surface area contributed by atoms with Gasteiger partial charge in [0.15, 0.2) is 12.4 Å². The van der Waals surface area contributed by atoms with Gasteiger partial charge < -0.3 is 36.0 Å². The van der Waals surface area contributed by atoms with Gasteiger partial charge in [-0.05, 0) is 24.1 Å². The zero-order valence-corrected chi connectivity index (χ0v) is 12.7. The molecule has 5 atom stereocenters. The lowest BCUT2D eigenvalue weighted by atomic mass is 10.0. The van der Waals surface area contributed by atoms with Gasteiger partial charge in [-0.15, -0.1) is 0 Å². The molecule has 0 aromatic heterocycles. The Morgan fingerprint density at radius 2 is 1.75 bits per heavy atom. The van der Waals surface area contributed by atoms with Gasteiger partial charge in [-0.3, -0.25) is 9.59 Å². The van der Waals surface area contributed by atoms with Crippen LogP contribution in [-0.2, 0) is 20.7 Å². The number of phenolic OH excluding ortho intramolecular Hbond substituents is 1. The summed E-state index contributed by atoms with van der Waals surface area (Å²) in [7, 11) is 0. The quantitative estimate of drug-likeness (QED) is 0.208. The molecule has 1 rings (SSSR count). The molecule has 24 heavy (non-hydrogen) atoms. The molecular weight excluding hydrogens is 322 g/mol.